The molecule has 2 rings (SSSR count). The van der Waals surface area contributed by atoms with Gasteiger partial charge in [0.1, 0.15) is 18.9 Å². The van der Waals surface area contributed by atoms with Crippen LogP contribution in [0, 0.1) is 0 Å². The molecule has 0 radical (unpaired) electrons. The van der Waals surface area contributed by atoms with Gasteiger partial charge < -0.3 is 0 Å². The topological polar surface area (TPSA) is 47.8 Å². The highest BCUT2D eigenvalue weighted by Crippen LogP contribution is 2.21. The molecule has 1 aromatic heterocycles. The van der Waals surface area contributed by atoms with Crippen LogP contribution in [0.4, 0.5) is 0 Å². The van der Waals surface area contributed by atoms with E-state index in [9.17, 15) is 4.79 Å². The molecular formula is C9H6BrN3O. The third-order valence-corrected chi connectivity index (χ3v) is 2.44. The summed E-state index contributed by atoms with van der Waals surface area (Å²) in [5.41, 5.74) is 1.54. The predicted molar refractivity (Wildman–Crippen MR) is 54.4 cm³/mol. The van der Waals surface area contributed by atoms with Crippen LogP contribution in [-0.4, -0.2) is 21.1 Å². The van der Waals surface area contributed by atoms with E-state index in [1.807, 2.05) is 6.07 Å². The molecule has 0 fully saturated rings. The molecule has 0 aliphatic heterocycles. The summed E-state index contributed by atoms with van der Waals surface area (Å²) in [4.78, 5) is 10.5. The van der Waals surface area contributed by atoms with Crippen LogP contribution >= 0.6 is 15.9 Å². The lowest BCUT2D eigenvalue weighted by molar-refractivity contribution is 0.112. The van der Waals surface area contributed by atoms with Crippen LogP contribution < -0.4 is 0 Å². The smallest absolute Gasteiger partial charge is 0.150 e. The first-order valence-corrected chi connectivity index (χ1v) is 4.70. The summed E-state index contributed by atoms with van der Waals surface area (Å²) >= 11 is 3.37. The van der Waals surface area contributed by atoms with Gasteiger partial charge in [0, 0.05) is 10.0 Å². The third-order valence-electron chi connectivity index (χ3n) is 1.80. The second-order valence-electron chi connectivity index (χ2n) is 2.70. The van der Waals surface area contributed by atoms with Crippen LogP contribution in [0.3, 0.4) is 0 Å². The van der Waals surface area contributed by atoms with E-state index in [-0.39, 0.29) is 0 Å². The molecule has 0 unspecified atom stereocenters. The molecule has 0 N–H and O–H groups in total. The van der Waals surface area contributed by atoms with Crippen LogP contribution in [0.5, 0.6) is 0 Å². The molecule has 0 saturated carbocycles. The zero-order valence-electron chi connectivity index (χ0n) is 7.09. The average Bonchev–Trinajstić information content (AvgIpc) is 2.70. The minimum absolute atomic E-state index is 0.633. The van der Waals surface area contributed by atoms with E-state index in [2.05, 4.69) is 26.1 Å². The van der Waals surface area contributed by atoms with Gasteiger partial charge in [0.25, 0.3) is 0 Å². The molecule has 0 atom stereocenters. The fourth-order valence-electron chi connectivity index (χ4n) is 1.13. The maximum atomic E-state index is 10.5. The van der Waals surface area contributed by atoms with E-state index in [1.54, 1.807) is 29.4 Å². The maximum Gasteiger partial charge on any atom is 0.150 e. The van der Waals surface area contributed by atoms with Gasteiger partial charge in [-0.05, 0) is 34.1 Å². The number of hydrogen-bond donors (Lipinski definition) is 0. The maximum absolute atomic E-state index is 10.5. The zero-order valence-corrected chi connectivity index (χ0v) is 8.68. The van der Waals surface area contributed by atoms with Gasteiger partial charge in [0.05, 0.1) is 5.69 Å². The number of benzene rings is 1. The van der Waals surface area contributed by atoms with Crippen molar-refractivity contribution >= 4 is 22.2 Å². The zero-order chi connectivity index (χ0) is 9.97. The SMILES string of the molecule is O=Cc1ccc(-n2cnnc2)c(Br)c1. The van der Waals surface area contributed by atoms with Gasteiger partial charge in [-0.15, -0.1) is 10.2 Å². The number of carbonyl (C=O) groups is 1. The Balaban J connectivity index is 2.51. The van der Waals surface area contributed by atoms with Crippen molar-refractivity contribution in [3.8, 4) is 5.69 Å². The highest BCUT2D eigenvalue weighted by molar-refractivity contribution is 9.10. The van der Waals surface area contributed by atoms with Crippen molar-refractivity contribution in [2.45, 2.75) is 0 Å². The lowest BCUT2D eigenvalue weighted by Crippen LogP contribution is -1.92. The van der Waals surface area contributed by atoms with E-state index < -0.39 is 0 Å². The second-order valence-corrected chi connectivity index (χ2v) is 3.55. The molecule has 5 heteroatoms. The fourth-order valence-corrected chi connectivity index (χ4v) is 1.73. The summed E-state index contributed by atoms with van der Waals surface area (Å²) in [5, 5.41) is 7.41. The summed E-state index contributed by atoms with van der Waals surface area (Å²) < 4.78 is 2.60. The van der Waals surface area contributed by atoms with E-state index in [0.717, 1.165) is 16.4 Å². The van der Waals surface area contributed by atoms with E-state index in [1.165, 1.54) is 0 Å². The first kappa shape index (κ1) is 9.08. The summed E-state index contributed by atoms with van der Waals surface area (Å²) in [6.07, 6.45) is 4.00. The number of carbonyl (C=O) groups excluding carboxylic acids is 1. The number of aldehydes is 1. The van der Waals surface area contributed by atoms with Gasteiger partial charge in [-0.1, -0.05) is 0 Å². The largest absolute Gasteiger partial charge is 0.298 e. The molecule has 2 aromatic rings. The van der Waals surface area contributed by atoms with Crippen LogP contribution in [0.25, 0.3) is 5.69 Å². The van der Waals surface area contributed by atoms with Gasteiger partial charge in [-0.25, -0.2) is 0 Å². The number of nitrogens with zero attached hydrogens (tertiary/aromatic N) is 3. The highest BCUT2D eigenvalue weighted by Gasteiger charge is 2.02. The number of rotatable bonds is 2. The Labute approximate surface area is 88.7 Å². The summed E-state index contributed by atoms with van der Waals surface area (Å²) in [5.74, 6) is 0. The molecule has 0 spiro atoms. The van der Waals surface area contributed by atoms with E-state index in [4.69, 9.17) is 0 Å². The summed E-state index contributed by atoms with van der Waals surface area (Å²) in [7, 11) is 0. The molecular weight excluding hydrogens is 246 g/mol. The molecule has 0 aliphatic rings. The van der Waals surface area contributed by atoms with Crippen molar-refractivity contribution < 1.29 is 4.79 Å². The lowest BCUT2D eigenvalue weighted by Gasteiger charge is -2.03. The Kier molecular flexibility index (Phi) is 2.41. The van der Waals surface area contributed by atoms with Gasteiger partial charge in [-0.3, -0.25) is 9.36 Å². The lowest BCUT2D eigenvalue weighted by atomic mass is 10.2. The van der Waals surface area contributed by atoms with Crippen molar-refractivity contribution in [2.75, 3.05) is 0 Å². The molecule has 1 aromatic carbocycles. The minimum atomic E-state index is 0.633. The molecule has 0 bridgehead atoms. The van der Waals surface area contributed by atoms with Crippen molar-refractivity contribution in [2.24, 2.45) is 0 Å². The van der Waals surface area contributed by atoms with E-state index >= 15 is 0 Å². The van der Waals surface area contributed by atoms with Crippen molar-refractivity contribution in [3.05, 3.63) is 40.9 Å². The third kappa shape index (κ3) is 1.58. The quantitative estimate of drug-likeness (QED) is 0.766. The minimum Gasteiger partial charge on any atom is -0.298 e. The summed E-state index contributed by atoms with van der Waals surface area (Å²) in [6, 6.07) is 5.33. The fraction of sp³-hybridized carbons (Fsp3) is 0. The number of hydrogen-bond acceptors (Lipinski definition) is 3. The van der Waals surface area contributed by atoms with Crippen molar-refractivity contribution in [1.82, 2.24) is 14.8 Å². The molecule has 0 amide bonds. The predicted octanol–water partition coefficient (Wildman–Crippen LogP) is 1.84. The first-order chi connectivity index (χ1) is 6.81. The first-order valence-electron chi connectivity index (χ1n) is 3.91. The van der Waals surface area contributed by atoms with Crippen molar-refractivity contribution in [3.63, 3.8) is 0 Å². The average molecular weight is 252 g/mol. The Morgan fingerprint density at radius 2 is 2.00 bits per heavy atom. The number of halogens is 1. The number of aromatic nitrogens is 3. The normalized spacial score (nSPS) is 10.1. The van der Waals surface area contributed by atoms with Gasteiger partial charge in [0.2, 0.25) is 0 Å². The van der Waals surface area contributed by atoms with Crippen molar-refractivity contribution in [1.29, 1.82) is 0 Å². The Morgan fingerprint density at radius 1 is 1.29 bits per heavy atom. The van der Waals surface area contributed by atoms with Gasteiger partial charge >= 0.3 is 0 Å². The standard InChI is InChI=1S/C9H6BrN3O/c10-8-3-7(4-14)1-2-9(8)13-5-11-12-6-13/h1-6H. The van der Waals surface area contributed by atoms with Gasteiger partial charge in [-0.2, -0.15) is 0 Å². The van der Waals surface area contributed by atoms with E-state index in [0.29, 0.717) is 5.56 Å². The van der Waals surface area contributed by atoms with Gasteiger partial charge in [0.15, 0.2) is 0 Å². The molecule has 0 saturated heterocycles. The highest BCUT2D eigenvalue weighted by atomic mass is 79.9. The molecule has 1 heterocycles. The Bertz CT molecular complexity index is 453. The molecule has 70 valence electrons. The molecule has 4 nitrogen and oxygen atoms in total. The second kappa shape index (κ2) is 3.71. The monoisotopic (exact) mass is 251 g/mol. The van der Waals surface area contributed by atoms with Crippen LogP contribution in [0.2, 0.25) is 0 Å². The Morgan fingerprint density at radius 3 is 2.57 bits per heavy atom. The van der Waals surface area contributed by atoms with Crippen LogP contribution in [-0.2, 0) is 0 Å². The molecule has 0 aliphatic carbocycles. The molecule has 14 heavy (non-hydrogen) atoms. The summed E-state index contributed by atoms with van der Waals surface area (Å²) in [6.45, 7) is 0. The van der Waals surface area contributed by atoms with Crippen LogP contribution in [0.1, 0.15) is 10.4 Å². The Hall–Kier alpha value is -1.49. The van der Waals surface area contributed by atoms with Crippen LogP contribution in [0.15, 0.2) is 35.3 Å².